The lowest BCUT2D eigenvalue weighted by Gasteiger charge is -2.30. The summed E-state index contributed by atoms with van der Waals surface area (Å²) in [5, 5.41) is 12.5. The largest absolute Gasteiger partial charge is 0.479 e. The fourth-order valence-corrected chi connectivity index (χ4v) is 1.16. The van der Waals surface area contributed by atoms with E-state index in [1.165, 1.54) is 5.32 Å². The Bertz CT molecular complexity index is 414. The van der Waals surface area contributed by atoms with Crippen LogP contribution in [-0.4, -0.2) is 59.8 Å². The van der Waals surface area contributed by atoms with Crippen molar-refractivity contribution in [3.05, 3.63) is 0 Å². The van der Waals surface area contributed by atoms with Crippen LogP contribution in [0.3, 0.4) is 0 Å². The smallest absolute Gasteiger partial charge is 0.422 e. The molecule has 0 aromatic heterocycles. The molecule has 0 aromatic rings. The van der Waals surface area contributed by atoms with E-state index in [0.29, 0.717) is 24.8 Å². The third-order valence-electron chi connectivity index (χ3n) is 2.65. The zero-order chi connectivity index (χ0) is 16.8. The van der Waals surface area contributed by atoms with Gasteiger partial charge < -0.3 is 20.6 Å². The van der Waals surface area contributed by atoms with Gasteiger partial charge in [-0.25, -0.2) is 9.59 Å². The van der Waals surface area contributed by atoms with Gasteiger partial charge >= 0.3 is 18.2 Å². The van der Waals surface area contributed by atoms with Gasteiger partial charge in [0.2, 0.25) is 11.4 Å². The highest BCUT2D eigenvalue weighted by atomic mass is 19.4. The van der Waals surface area contributed by atoms with Crippen molar-refractivity contribution < 1.29 is 32.7 Å². The second-order valence-corrected chi connectivity index (χ2v) is 4.56. The number of rotatable bonds is 6. The summed E-state index contributed by atoms with van der Waals surface area (Å²) in [6, 6.07) is -1.32. The number of nitrogens with one attached hydrogen (secondary N) is 2. The van der Waals surface area contributed by atoms with Gasteiger partial charge in [0.25, 0.3) is 0 Å². The molecule has 0 aliphatic heterocycles. The van der Waals surface area contributed by atoms with Gasteiger partial charge in [-0.3, -0.25) is 4.79 Å². The summed E-state index contributed by atoms with van der Waals surface area (Å²) in [7, 11) is 1.08. The van der Waals surface area contributed by atoms with Crippen LogP contribution in [0.1, 0.15) is 20.3 Å². The van der Waals surface area contributed by atoms with E-state index in [-0.39, 0.29) is 0 Å². The summed E-state index contributed by atoms with van der Waals surface area (Å²) >= 11 is 0. The van der Waals surface area contributed by atoms with Crippen LogP contribution in [0.2, 0.25) is 0 Å². The molecule has 3 N–H and O–H groups in total. The van der Waals surface area contributed by atoms with Gasteiger partial charge in [-0.05, 0) is 13.3 Å². The van der Waals surface area contributed by atoms with E-state index in [9.17, 15) is 27.6 Å². The Morgan fingerprint density at radius 1 is 1.24 bits per heavy atom. The number of hydrogen-bond acceptors (Lipinski definition) is 3. The minimum Gasteiger partial charge on any atom is -0.479 e. The molecular formula is C11H18F3N3O4. The Balaban J connectivity index is 4.79. The molecule has 0 rings (SSSR count). The monoisotopic (exact) mass is 313 g/mol. The molecule has 0 radical (unpaired) electrons. The van der Waals surface area contributed by atoms with Crippen molar-refractivity contribution in [3.63, 3.8) is 0 Å². The molecule has 7 nitrogen and oxygen atoms in total. The minimum absolute atomic E-state index is 0.332. The Morgan fingerprint density at radius 2 is 1.76 bits per heavy atom. The molecule has 0 saturated heterocycles. The predicted molar refractivity (Wildman–Crippen MR) is 66.6 cm³/mol. The number of aliphatic carboxylic acids is 1. The number of urea groups is 1. The Labute approximate surface area is 119 Å². The van der Waals surface area contributed by atoms with Crippen molar-refractivity contribution in [1.29, 1.82) is 0 Å². The molecule has 0 heterocycles. The molecule has 0 fully saturated rings. The van der Waals surface area contributed by atoms with Crippen molar-refractivity contribution in [2.45, 2.75) is 32.0 Å². The van der Waals surface area contributed by atoms with Crippen LogP contribution < -0.4 is 10.6 Å². The normalized spacial score (nSPS) is 14.0. The quantitative estimate of drug-likeness (QED) is 0.667. The van der Waals surface area contributed by atoms with E-state index in [1.54, 1.807) is 6.92 Å². The molecule has 0 bridgehead atoms. The van der Waals surface area contributed by atoms with Crippen LogP contribution in [0.4, 0.5) is 18.0 Å². The predicted octanol–water partition coefficient (Wildman–Crippen LogP) is 0.560. The number of carbonyl (C=O) groups is 3. The minimum atomic E-state index is -5.18. The van der Waals surface area contributed by atoms with E-state index in [4.69, 9.17) is 5.11 Å². The number of carbonyl (C=O) groups excluding carboxylic acids is 2. The lowest BCUT2D eigenvalue weighted by molar-refractivity contribution is -0.203. The Hall–Kier alpha value is -2.00. The van der Waals surface area contributed by atoms with Gasteiger partial charge in [-0.2, -0.15) is 13.2 Å². The maximum Gasteiger partial charge on any atom is 0.422 e. The molecule has 0 aromatic carbocycles. The number of nitrogens with zero attached hydrogens (tertiary/aromatic N) is 1. The van der Waals surface area contributed by atoms with E-state index in [0.717, 1.165) is 7.05 Å². The van der Waals surface area contributed by atoms with Gasteiger partial charge in [0, 0.05) is 13.6 Å². The van der Waals surface area contributed by atoms with Crippen molar-refractivity contribution >= 4 is 17.9 Å². The summed E-state index contributed by atoms with van der Waals surface area (Å²) in [6.45, 7) is 2.01. The SMILES string of the molecule is CCCNC(=O)CN(C)C(=O)NC(C)(C(=O)O)C(F)(F)F. The summed E-state index contributed by atoms with van der Waals surface area (Å²) < 4.78 is 38.1. The molecule has 0 aliphatic carbocycles. The Kier molecular flexibility index (Phi) is 6.46. The highest BCUT2D eigenvalue weighted by Gasteiger charge is 2.58. The number of likely N-dealkylation sites (N-methyl/N-ethyl adjacent to an activating group) is 1. The van der Waals surface area contributed by atoms with E-state index in [2.05, 4.69) is 5.32 Å². The first-order chi connectivity index (χ1) is 9.45. The van der Waals surface area contributed by atoms with Gasteiger partial charge in [0.1, 0.15) is 6.54 Å². The van der Waals surface area contributed by atoms with Crippen LogP contribution >= 0.6 is 0 Å². The first-order valence-electron chi connectivity index (χ1n) is 6.05. The molecule has 122 valence electrons. The van der Waals surface area contributed by atoms with E-state index >= 15 is 0 Å². The van der Waals surface area contributed by atoms with Crippen LogP contribution in [0, 0.1) is 0 Å². The van der Waals surface area contributed by atoms with Gasteiger partial charge in [0.05, 0.1) is 0 Å². The number of alkyl halides is 3. The number of halogens is 3. The van der Waals surface area contributed by atoms with Gasteiger partial charge in [-0.15, -0.1) is 0 Å². The first-order valence-corrected chi connectivity index (χ1v) is 6.05. The van der Waals surface area contributed by atoms with Crippen molar-refractivity contribution in [2.75, 3.05) is 20.1 Å². The highest BCUT2D eigenvalue weighted by molar-refractivity contribution is 5.89. The topological polar surface area (TPSA) is 98.7 Å². The second kappa shape index (κ2) is 7.14. The van der Waals surface area contributed by atoms with Crippen LogP contribution in [0.25, 0.3) is 0 Å². The third kappa shape index (κ3) is 5.12. The average Bonchev–Trinajstić information content (AvgIpc) is 2.34. The van der Waals surface area contributed by atoms with E-state index < -0.39 is 36.2 Å². The highest BCUT2D eigenvalue weighted by Crippen LogP contribution is 2.30. The molecular weight excluding hydrogens is 295 g/mol. The number of amides is 3. The average molecular weight is 313 g/mol. The lowest BCUT2D eigenvalue weighted by atomic mass is 10.0. The lowest BCUT2D eigenvalue weighted by Crippen LogP contribution is -2.64. The molecule has 0 spiro atoms. The Morgan fingerprint density at radius 3 is 2.14 bits per heavy atom. The molecule has 3 amide bonds. The number of carboxylic acids is 1. The van der Waals surface area contributed by atoms with E-state index in [1.807, 2.05) is 0 Å². The van der Waals surface area contributed by atoms with Crippen molar-refractivity contribution in [1.82, 2.24) is 15.5 Å². The third-order valence-corrected chi connectivity index (χ3v) is 2.65. The van der Waals surface area contributed by atoms with Gasteiger partial charge in [0.15, 0.2) is 0 Å². The second-order valence-electron chi connectivity index (χ2n) is 4.56. The first kappa shape index (κ1) is 19.0. The fourth-order valence-electron chi connectivity index (χ4n) is 1.16. The number of hydrogen-bond donors (Lipinski definition) is 3. The van der Waals surface area contributed by atoms with Crippen LogP contribution in [0.5, 0.6) is 0 Å². The van der Waals surface area contributed by atoms with Crippen LogP contribution in [-0.2, 0) is 9.59 Å². The maximum absolute atomic E-state index is 12.7. The molecule has 1 unspecified atom stereocenters. The van der Waals surface area contributed by atoms with Crippen molar-refractivity contribution in [3.8, 4) is 0 Å². The molecule has 21 heavy (non-hydrogen) atoms. The zero-order valence-corrected chi connectivity index (χ0v) is 11.9. The summed E-state index contributed by atoms with van der Waals surface area (Å²) in [6.07, 6.45) is -4.52. The summed E-state index contributed by atoms with van der Waals surface area (Å²) in [4.78, 5) is 34.4. The molecule has 10 heteroatoms. The fraction of sp³-hybridized carbons (Fsp3) is 0.727. The van der Waals surface area contributed by atoms with Crippen molar-refractivity contribution in [2.24, 2.45) is 0 Å². The summed E-state index contributed by atoms with van der Waals surface area (Å²) in [5.41, 5.74) is -3.43. The number of carboxylic acid groups (broad SMARTS) is 1. The molecule has 0 aliphatic rings. The maximum atomic E-state index is 12.7. The van der Waals surface area contributed by atoms with Crippen LogP contribution in [0.15, 0.2) is 0 Å². The summed E-state index contributed by atoms with van der Waals surface area (Å²) in [5.74, 6) is -2.80. The zero-order valence-electron chi connectivity index (χ0n) is 11.9. The van der Waals surface area contributed by atoms with Gasteiger partial charge in [-0.1, -0.05) is 6.92 Å². The molecule has 0 saturated carbocycles. The molecule has 1 atom stereocenters. The standard InChI is InChI=1S/C11H18F3N3O4/c1-4-5-15-7(18)6-17(3)9(21)16-10(2,8(19)20)11(12,13)14/h4-6H2,1-3H3,(H,15,18)(H,16,21)(H,19,20).